The van der Waals surface area contributed by atoms with Crippen LogP contribution >= 0.6 is 0 Å². The van der Waals surface area contributed by atoms with Gasteiger partial charge in [0.25, 0.3) is 5.91 Å². The van der Waals surface area contributed by atoms with Gasteiger partial charge < -0.3 is 20.9 Å². The van der Waals surface area contributed by atoms with Crippen LogP contribution in [0.4, 0.5) is 10.1 Å². The van der Waals surface area contributed by atoms with Crippen molar-refractivity contribution in [2.45, 2.75) is 0 Å². The molecule has 2 aromatic rings. The van der Waals surface area contributed by atoms with Crippen molar-refractivity contribution in [2.24, 2.45) is 0 Å². The summed E-state index contributed by atoms with van der Waals surface area (Å²) < 4.78 is 18.8. The average Bonchev–Trinajstić information content (AvgIpc) is 2.45. The molecule has 0 aliphatic rings. The molecule has 1 amide bonds. The first-order chi connectivity index (χ1) is 10.1. The summed E-state index contributed by atoms with van der Waals surface area (Å²) in [5, 5.41) is 11.6. The number of hydrogen-bond donors (Lipinski definition) is 3. The van der Waals surface area contributed by atoms with Crippen molar-refractivity contribution in [2.75, 3.05) is 18.9 Å². The summed E-state index contributed by atoms with van der Waals surface area (Å²) in [7, 11) is 0. The van der Waals surface area contributed by atoms with Crippen LogP contribution in [-0.2, 0) is 0 Å². The van der Waals surface area contributed by atoms with E-state index in [0.717, 1.165) is 6.07 Å². The Bertz CT molecular complexity index is 629. The third-order valence-electron chi connectivity index (χ3n) is 2.73. The Morgan fingerprint density at radius 2 is 1.95 bits per heavy atom. The second-order valence-electron chi connectivity index (χ2n) is 4.34. The highest BCUT2D eigenvalue weighted by molar-refractivity contribution is 5.94. The van der Waals surface area contributed by atoms with Gasteiger partial charge in [-0.3, -0.25) is 4.79 Å². The smallest absolute Gasteiger partial charge is 0.254 e. The fourth-order valence-electron chi connectivity index (χ4n) is 1.68. The van der Waals surface area contributed by atoms with Crippen LogP contribution in [-0.4, -0.2) is 24.2 Å². The van der Waals surface area contributed by atoms with E-state index >= 15 is 0 Å². The highest BCUT2D eigenvalue weighted by Crippen LogP contribution is 2.15. The number of hydrogen-bond acceptors (Lipinski definition) is 4. The van der Waals surface area contributed by atoms with Gasteiger partial charge in [0.1, 0.15) is 23.9 Å². The van der Waals surface area contributed by atoms with Crippen molar-refractivity contribution >= 4 is 11.6 Å². The van der Waals surface area contributed by atoms with Gasteiger partial charge in [0, 0.05) is 11.8 Å². The first-order valence-electron chi connectivity index (χ1n) is 6.31. The van der Waals surface area contributed by atoms with Crippen LogP contribution in [0.3, 0.4) is 0 Å². The summed E-state index contributed by atoms with van der Waals surface area (Å²) in [6.07, 6.45) is 0. The van der Waals surface area contributed by atoms with E-state index in [0.29, 0.717) is 11.4 Å². The second-order valence-corrected chi connectivity index (χ2v) is 4.34. The lowest BCUT2D eigenvalue weighted by Crippen LogP contribution is -2.28. The lowest BCUT2D eigenvalue weighted by molar-refractivity contribution is 0.0943. The number of benzene rings is 2. The number of rotatable bonds is 5. The molecule has 4 N–H and O–H groups in total. The van der Waals surface area contributed by atoms with Crippen LogP contribution in [0.1, 0.15) is 10.4 Å². The maximum Gasteiger partial charge on any atom is 0.254 e. The SMILES string of the molecule is Nc1ccc(OCCNC(=O)c2ccc(O)cc2F)cc1. The van der Waals surface area contributed by atoms with Gasteiger partial charge in [-0.1, -0.05) is 0 Å². The third kappa shape index (κ3) is 4.10. The van der Waals surface area contributed by atoms with E-state index in [1.807, 2.05) is 0 Å². The molecular weight excluding hydrogens is 275 g/mol. The van der Waals surface area contributed by atoms with Gasteiger partial charge in [0.2, 0.25) is 0 Å². The number of nitrogens with two attached hydrogens (primary N) is 1. The van der Waals surface area contributed by atoms with E-state index < -0.39 is 11.7 Å². The largest absolute Gasteiger partial charge is 0.508 e. The monoisotopic (exact) mass is 290 g/mol. The molecule has 0 saturated heterocycles. The van der Waals surface area contributed by atoms with Gasteiger partial charge in [0.05, 0.1) is 12.1 Å². The number of phenolic OH excluding ortho intramolecular Hbond substituents is 1. The maximum atomic E-state index is 13.4. The van der Waals surface area contributed by atoms with Crippen LogP contribution < -0.4 is 15.8 Å². The van der Waals surface area contributed by atoms with Crippen molar-refractivity contribution in [3.63, 3.8) is 0 Å². The Morgan fingerprint density at radius 3 is 2.62 bits per heavy atom. The van der Waals surface area contributed by atoms with E-state index in [-0.39, 0.29) is 24.5 Å². The zero-order valence-corrected chi connectivity index (χ0v) is 11.2. The van der Waals surface area contributed by atoms with Gasteiger partial charge in [-0.2, -0.15) is 0 Å². The molecule has 2 aromatic carbocycles. The maximum absolute atomic E-state index is 13.4. The van der Waals surface area contributed by atoms with Gasteiger partial charge >= 0.3 is 0 Å². The molecule has 0 spiro atoms. The minimum absolute atomic E-state index is 0.125. The minimum Gasteiger partial charge on any atom is -0.508 e. The molecule has 6 heteroatoms. The molecule has 0 aromatic heterocycles. The quantitative estimate of drug-likeness (QED) is 0.580. The third-order valence-corrected chi connectivity index (χ3v) is 2.73. The topological polar surface area (TPSA) is 84.6 Å². The molecule has 110 valence electrons. The summed E-state index contributed by atoms with van der Waals surface area (Å²) in [4.78, 5) is 11.7. The lowest BCUT2D eigenvalue weighted by atomic mass is 10.2. The summed E-state index contributed by atoms with van der Waals surface area (Å²) in [5.74, 6) is -0.926. The number of carbonyl (C=O) groups is 1. The first kappa shape index (κ1) is 14.6. The molecular formula is C15H15FN2O3. The molecule has 0 saturated carbocycles. The van der Waals surface area contributed by atoms with E-state index in [2.05, 4.69) is 5.32 Å². The van der Waals surface area contributed by atoms with Crippen molar-refractivity contribution in [3.05, 3.63) is 53.8 Å². The number of aromatic hydroxyl groups is 1. The van der Waals surface area contributed by atoms with Gasteiger partial charge in [-0.25, -0.2) is 4.39 Å². The Labute approximate surface area is 121 Å². The molecule has 21 heavy (non-hydrogen) atoms. The van der Waals surface area contributed by atoms with Crippen molar-refractivity contribution in [1.82, 2.24) is 5.32 Å². The minimum atomic E-state index is -0.771. The highest BCUT2D eigenvalue weighted by Gasteiger charge is 2.11. The highest BCUT2D eigenvalue weighted by atomic mass is 19.1. The van der Waals surface area contributed by atoms with E-state index in [1.54, 1.807) is 24.3 Å². The summed E-state index contributed by atoms with van der Waals surface area (Å²) in [6.45, 7) is 0.471. The number of carbonyl (C=O) groups excluding carboxylic acids is 1. The Kier molecular flexibility index (Phi) is 4.61. The summed E-state index contributed by atoms with van der Waals surface area (Å²) in [5.41, 5.74) is 6.06. The molecule has 2 rings (SSSR count). The molecule has 0 unspecified atom stereocenters. The zero-order valence-electron chi connectivity index (χ0n) is 11.2. The van der Waals surface area contributed by atoms with E-state index in [9.17, 15) is 9.18 Å². The molecule has 0 atom stereocenters. The molecule has 0 aliphatic heterocycles. The van der Waals surface area contributed by atoms with Crippen LogP contribution in [0.25, 0.3) is 0 Å². The Hall–Kier alpha value is -2.76. The van der Waals surface area contributed by atoms with E-state index in [1.165, 1.54) is 12.1 Å². The lowest BCUT2D eigenvalue weighted by Gasteiger charge is -2.08. The number of amides is 1. The molecule has 5 nitrogen and oxygen atoms in total. The van der Waals surface area contributed by atoms with Crippen molar-refractivity contribution in [3.8, 4) is 11.5 Å². The van der Waals surface area contributed by atoms with Gasteiger partial charge in [-0.15, -0.1) is 0 Å². The van der Waals surface area contributed by atoms with Crippen LogP contribution in [0.5, 0.6) is 11.5 Å². The number of phenols is 1. The number of nitrogens with one attached hydrogen (secondary N) is 1. The number of anilines is 1. The molecule has 0 radical (unpaired) electrons. The molecule has 0 heterocycles. The second kappa shape index (κ2) is 6.60. The van der Waals surface area contributed by atoms with Gasteiger partial charge in [0.15, 0.2) is 0 Å². The fourth-order valence-corrected chi connectivity index (χ4v) is 1.68. The number of nitrogen functional groups attached to an aromatic ring is 1. The first-order valence-corrected chi connectivity index (χ1v) is 6.31. The predicted molar refractivity (Wildman–Crippen MR) is 76.7 cm³/mol. The molecule has 0 fully saturated rings. The number of halogens is 1. The van der Waals surface area contributed by atoms with Crippen molar-refractivity contribution < 1.29 is 19.0 Å². The van der Waals surface area contributed by atoms with Crippen molar-refractivity contribution in [1.29, 1.82) is 0 Å². The average molecular weight is 290 g/mol. The summed E-state index contributed by atoms with van der Waals surface area (Å²) in [6, 6.07) is 10.2. The normalized spacial score (nSPS) is 10.1. The number of ether oxygens (including phenoxy) is 1. The van der Waals surface area contributed by atoms with Crippen LogP contribution in [0, 0.1) is 5.82 Å². The van der Waals surface area contributed by atoms with Gasteiger partial charge in [-0.05, 0) is 36.4 Å². The summed E-state index contributed by atoms with van der Waals surface area (Å²) >= 11 is 0. The van der Waals surface area contributed by atoms with Crippen LogP contribution in [0.15, 0.2) is 42.5 Å². The van der Waals surface area contributed by atoms with E-state index in [4.69, 9.17) is 15.6 Å². The standard InChI is InChI=1S/C15H15FN2O3/c16-14-9-11(19)3-6-13(14)15(20)18-7-8-21-12-4-1-10(17)2-5-12/h1-6,9,19H,7-8,17H2,(H,18,20). The Balaban J connectivity index is 1.80. The van der Waals surface area contributed by atoms with Crippen LogP contribution in [0.2, 0.25) is 0 Å². The fraction of sp³-hybridized carbons (Fsp3) is 0.133. The molecule has 0 aliphatic carbocycles. The molecule has 0 bridgehead atoms. The Morgan fingerprint density at radius 1 is 1.24 bits per heavy atom. The zero-order chi connectivity index (χ0) is 15.2. The predicted octanol–water partition coefficient (Wildman–Crippen LogP) is 1.92.